The number of hydrogen-bond acceptors (Lipinski definition) is 3. The van der Waals surface area contributed by atoms with E-state index in [1.54, 1.807) is 0 Å². The van der Waals surface area contributed by atoms with Crippen molar-refractivity contribution in [2.75, 3.05) is 31.2 Å². The fourth-order valence-electron chi connectivity index (χ4n) is 3.33. The molecule has 0 atom stereocenters. The number of hydrogen-bond donors (Lipinski definition) is 0. The zero-order valence-electron chi connectivity index (χ0n) is 14.5. The van der Waals surface area contributed by atoms with Crippen molar-refractivity contribution in [1.82, 2.24) is 0 Å². The second-order valence-corrected chi connectivity index (χ2v) is 6.26. The Labute approximate surface area is 153 Å². The van der Waals surface area contributed by atoms with E-state index in [-0.39, 0.29) is 0 Å². The molecule has 1 aromatic heterocycles. The van der Waals surface area contributed by atoms with E-state index < -0.39 is 0 Å². The average molecular weight is 342 g/mol. The third kappa shape index (κ3) is 3.17. The van der Waals surface area contributed by atoms with Crippen LogP contribution < -0.4 is 9.88 Å². The van der Waals surface area contributed by atoms with Crippen LogP contribution in [0.5, 0.6) is 0 Å². The zero-order valence-corrected chi connectivity index (χ0v) is 14.5. The first-order chi connectivity index (χ1) is 12.9. The molecular weight excluding hydrogens is 322 g/mol. The predicted octanol–water partition coefficient (Wildman–Crippen LogP) is 3.54. The number of rotatable bonds is 3. The molecule has 0 amide bonds. The number of aromatic nitrogens is 1. The van der Waals surface area contributed by atoms with Crippen molar-refractivity contribution >= 4 is 5.82 Å². The van der Waals surface area contributed by atoms with E-state index in [4.69, 9.17) is 4.74 Å². The number of nitrogens with one attached hydrogen (secondary N) is 1. The number of H-pyrrole nitrogens is 1. The number of ether oxygens (including phenoxy) is 1. The highest BCUT2D eigenvalue weighted by atomic mass is 16.5. The van der Waals surface area contributed by atoms with E-state index in [0.29, 0.717) is 18.8 Å². The summed E-state index contributed by atoms with van der Waals surface area (Å²) in [5.41, 5.74) is 4.78. The number of nitrogens with zero attached hydrogens (tertiary/aromatic N) is 2. The topological polar surface area (TPSA) is 50.4 Å². The summed E-state index contributed by atoms with van der Waals surface area (Å²) in [5.74, 6) is 0.871. The van der Waals surface area contributed by atoms with Crippen molar-refractivity contribution in [3.63, 3.8) is 0 Å². The predicted molar refractivity (Wildman–Crippen MR) is 102 cm³/mol. The van der Waals surface area contributed by atoms with Gasteiger partial charge < -0.3 is 4.74 Å². The number of morpholine rings is 1. The van der Waals surface area contributed by atoms with Crippen LogP contribution in [0.2, 0.25) is 0 Å². The lowest BCUT2D eigenvalue weighted by Gasteiger charge is -2.23. The van der Waals surface area contributed by atoms with Gasteiger partial charge in [0.15, 0.2) is 0 Å². The molecule has 0 spiro atoms. The lowest BCUT2D eigenvalue weighted by Crippen LogP contribution is -2.40. The first kappa shape index (κ1) is 16.3. The van der Waals surface area contributed by atoms with Crippen molar-refractivity contribution < 1.29 is 9.72 Å². The van der Waals surface area contributed by atoms with Gasteiger partial charge in [-0.05, 0) is 11.6 Å². The zero-order chi connectivity index (χ0) is 17.8. The summed E-state index contributed by atoms with van der Waals surface area (Å²) in [6.07, 6.45) is 0. The molecule has 0 saturated carbocycles. The van der Waals surface area contributed by atoms with Gasteiger partial charge in [0.2, 0.25) is 0 Å². The molecule has 2 heterocycles. The molecule has 1 fully saturated rings. The fraction of sp³-hybridized carbons (Fsp3) is 0.182. The maximum atomic E-state index is 9.92. The minimum absolute atomic E-state index is 0.676. The highest BCUT2D eigenvalue weighted by molar-refractivity contribution is 5.78. The molecule has 3 aromatic rings. The molecule has 0 radical (unpaired) electrons. The normalized spacial score (nSPS) is 14.0. The highest BCUT2D eigenvalue weighted by Gasteiger charge is 2.27. The Hall–Kier alpha value is -3.16. The Morgan fingerprint density at radius 3 is 2.12 bits per heavy atom. The largest absolute Gasteiger partial charge is 0.373 e. The first-order valence-electron chi connectivity index (χ1n) is 8.81. The molecule has 0 aliphatic carbocycles. The van der Waals surface area contributed by atoms with Gasteiger partial charge in [-0.1, -0.05) is 60.7 Å². The summed E-state index contributed by atoms with van der Waals surface area (Å²) in [6, 6.07) is 24.8. The summed E-state index contributed by atoms with van der Waals surface area (Å²) >= 11 is 0. The van der Waals surface area contributed by atoms with Crippen molar-refractivity contribution in [1.29, 1.82) is 5.26 Å². The SMILES string of the molecule is N#Cc1c(-c2ccccc2)cc(-c2ccccc2)[nH+]c1N1CCOCC1. The van der Waals surface area contributed by atoms with Gasteiger partial charge >= 0.3 is 0 Å². The molecule has 2 aromatic carbocycles. The summed E-state index contributed by atoms with van der Waals surface area (Å²) in [5, 5.41) is 9.92. The molecule has 4 heteroatoms. The molecule has 0 bridgehead atoms. The minimum Gasteiger partial charge on any atom is -0.373 e. The molecule has 1 aliphatic rings. The Morgan fingerprint density at radius 2 is 1.50 bits per heavy atom. The Kier molecular flexibility index (Phi) is 4.63. The van der Waals surface area contributed by atoms with Crippen LogP contribution in [0.3, 0.4) is 0 Å². The number of benzene rings is 2. The Balaban J connectivity index is 1.93. The van der Waals surface area contributed by atoms with Crippen LogP contribution in [0.1, 0.15) is 5.56 Å². The van der Waals surface area contributed by atoms with Crippen molar-refractivity contribution in [2.45, 2.75) is 0 Å². The lowest BCUT2D eigenvalue weighted by atomic mass is 9.98. The van der Waals surface area contributed by atoms with Crippen LogP contribution in [-0.4, -0.2) is 26.3 Å². The van der Waals surface area contributed by atoms with E-state index in [2.05, 4.69) is 34.2 Å². The van der Waals surface area contributed by atoms with Crippen molar-refractivity contribution in [3.8, 4) is 28.5 Å². The smallest absolute Gasteiger partial charge is 0.293 e. The number of nitriles is 1. The van der Waals surface area contributed by atoms with E-state index in [1.165, 1.54) is 0 Å². The van der Waals surface area contributed by atoms with Crippen LogP contribution in [0.4, 0.5) is 5.82 Å². The summed E-state index contributed by atoms with van der Waals surface area (Å²) in [7, 11) is 0. The lowest BCUT2D eigenvalue weighted by molar-refractivity contribution is -0.351. The third-order valence-corrected chi connectivity index (χ3v) is 4.66. The number of aromatic amines is 1. The quantitative estimate of drug-likeness (QED) is 0.731. The Bertz CT molecular complexity index is 927. The molecule has 4 rings (SSSR count). The van der Waals surface area contributed by atoms with Crippen LogP contribution >= 0.6 is 0 Å². The van der Waals surface area contributed by atoms with Crippen LogP contribution in [-0.2, 0) is 4.74 Å². The van der Waals surface area contributed by atoms with E-state index in [0.717, 1.165) is 41.3 Å². The Morgan fingerprint density at radius 1 is 0.885 bits per heavy atom. The van der Waals surface area contributed by atoms with Crippen molar-refractivity contribution in [2.24, 2.45) is 0 Å². The van der Waals surface area contributed by atoms with Gasteiger partial charge in [-0.25, -0.2) is 4.98 Å². The van der Waals surface area contributed by atoms with E-state index >= 15 is 0 Å². The maximum Gasteiger partial charge on any atom is 0.293 e. The molecule has 128 valence electrons. The second kappa shape index (κ2) is 7.38. The molecule has 4 nitrogen and oxygen atoms in total. The van der Waals surface area contributed by atoms with Gasteiger partial charge in [-0.15, -0.1) is 0 Å². The van der Waals surface area contributed by atoms with Crippen LogP contribution in [0.25, 0.3) is 22.4 Å². The summed E-state index contributed by atoms with van der Waals surface area (Å²) in [4.78, 5) is 5.72. The molecule has 26 heavy (non-hydrogen) atoms. The summed E-state index contributed by atoms with van der Waals surface area (Å²) < 4.78 is 5.49. The van der Waals surface area contributed by atoms with E-state index in [1.807, 2.05) is 48.5 Å². The monoisotopic (exact) mass is 342 g/mol. The van der Waals surface area contributed by atoms with Gasteiger partial charge in [0.25, 0.3) is 5.82 Å². The van der Waals surface area contributed by atoms with Gasteiger partial charge in [0, 0.05) is 11.1 Å². The standard InChI is InChI=1S/C22H19N3O/c23-16-20-19(17-7-3-1-4-8-17)15-21(18-9-5-2-6-10-18)24-22(20)25-11-13-26-14-12-25/h1-10,15H,11-14H2/p+1. The molecular formula is C22H20N3O+. The highest BCUT2D eigenvalue weighted by Crippen LogP contribution is 2.31. The van der Waals surface area contributed by atoms with Gasteiger partial charge in [0.05, 0.1) is 13.2 Å². The van der Waals surface area contributed by atoms with Gasteiger partial charge in [-0.2, -0.15) is 5.26 Å². The number of pyridine rings is 1. The van der Waals surface area contributed by atoms with Gasteiger partial charge in [-0.3, -0.25) is 4.90 Å². The average Bonchev–Trinajstić information content (AvgIpc) is 2.74. The first-order valence-corrected chi connectivity index (χ1v) is 8.81. The second-order valence-electron chi connectivity index (χ2n) is 6.26. The van der Waals surface area contributed by atoms with Crippen LogP contribution in [0.15, 0.2) is 66.7 Å². The molecule has 1 N–H and O–H groups in total. The van der Waals surface area contributed by atoms with Crippen LogP contribution in [0, 0.1) is 11.3 Å². The van der Waals surface area contributed by atoms with E-state index in [9.17, 15) is 5.26 Å². The fourth-order valence-corrected chi connectivity index (χ4v) is 3.33. The maximum absolute atomic E-state index is 9.92. The van der Waals surface area contributed by atoms with Crippen molar-refractivity contribution in [3.05, 3.63) is 72.3 Å². The van der Waals surface area contributed by atoms with Gasteiger partial charge in [0.1, 0.15) is 30.4 Å². The molecule has 0 unspecified atom stereocenters. The molecule has 1 aliphatic heterocycles. The minimum atomic E-state index is 0.676. The summed E-state index contributed by atoms with van der Waals surface area (Å²) in [6.45, 7) is 2.90. The number of anilines is 1. The third-order valence-electron chi connectivity index (χ3n) is 4.66. The molecule has 1 saturated heterocycles.